The van der Waals surface area contributed by atoms with E-state index in [4.69, 9.17) is 14.8 Å². The predicted octanol–water partition coefficient (Wildman–Crippen LogP) is 4.54. The van der Waals surface area contributed by atoms with Crippen LogP contribution < -0.4 is 0 Å². The molecular weight excluding hydrogens is 306 g/mol. The summed E-state index contributed by atoms with van der Waals surface area (Å²) in [5.41, 5.74) is 3.49. The molecule has 2 aromatic rings. The van der Waals surface area contributed by atoms with Crippen molar-refractivity contribution in [2.24, 2.45) is 11.8 Å². The molecule has 0 bridgehead atoms. The quantitative estimate of drug-likeness (QED) is 0.609. The van der Waals surface area contributed by atoms with Crippen LogP contribution in [-0.2, 0) is 9.78 Å². The highest BCUT2D eigenvalue weighted by Crippen LogP contribution is 2.52. The summed E-state index contributed by atoms with van der Waals surface area (Å²) in [6.45, 7) is 1.46. The van der Waals surface area contributed by atoms with Crippen molar-refractivity contribution in [2.75, 3.05) is 19.5 Å². The van der Waals surface area contributed by atoms with Gasteiger partial charge in [0, 0.05) is 22.1 Å². The van der Waals surface area contributed by atoms with Crippen molar-refractivity contribution in [3.8, 4) is 11.3 Å². The first-order valence-electron chi connectivity index (χ1n) is 8.21. The molecule has 4 rings (SSSR count). The minimum Gasteiger partial charge on any atom is -0.253 e. The van der Waals surface area contributed by atoms with Crippen LogP contribution in [0.5, 0.6) is 0 Å². The summed E-state index contributed by atoms with van der Waals surface area (Å²) in [4.78, 5) is 16.4. The highest BCUT2D eigenvalue weighted by Gasteiger charge is 2.45. The Morgan fingerprint density at radius 2 is 1.96 bits per heavy atom. The first-order valence-corrected chi connectivity index (χ1v) is 9.43. The van der Waals surface area contributed by atoms with Crippen LogP contribution >= 0.6 is 11.8 Å². The zero-order valence-electron chi connectivity index (χ0n) is 13.3. The Hall–Kier alpha value is -1.36. The molecule has 1 aliphatic heterocycles. The van der Waals surface area contributed by atoms with Gasteiger partial charge in [0.1, 0.15) is 0 Å². The summed E-state index contributed by atoms with van der Waals surface area (Å²) >= 11 is 1.76. The Balaban J connectivity index is 1.50. The smallest absolute Gasteiger partial charge is 0.0854 e. The zero-order valence-corrected chi connectivity index (χ0v) is 14.1. The number of nitrogens with zero attached hydrogens (tertiary/aromatic N) is 1. The minimum atomic E-state index is 0.590. The highest BCUT2D eigenvalue weighted by molar-refractivity contribution is 7.98. The summed E-state index contributed by atoms with van der Waals surface area (Å²) < 4.78 is 0. The second kappa shape index (κ2) is 6.63. The first-order chi connectivity index (χ1) is 11.3. The second-order valence-electron chi connectivity index (χ2n) is 6.34. The van der Waals surface area contributed by atoms with E-state index in [9.17, 15) is 0 Å². The predicted molar refractivity (Wildman–Crippen MR) is 92.3 cm³/mol. The maximum atomic E-state index is 5.16. The van der Waals surface area contributed by atoms with Crippen LogP contribution in [0.3, 0.4) is 0 Å². The number of rotatable bonds is 4. The number of hydrogen-bond donors (Lipinski definition) is 0. The molecule has 3 nitrogen and oxygen atoms in total. The monoisotopic (exact) mass is 327 g/mol. The summed E-state index contributed by atoms with van der Waals surface area (Å²) in [6.07, 6.45) is 4.44. The molecule has 23 heavy (non-hydrogen) atoms. The molecular formula is C19H21NO2S. The maximum Gasteiger partial charge on any atom is 0.0854 e. The van der Waals surface area contributed by atoms with E-state index in [0.717, 1.165) is 25.3 Å². The molecule has 2 heterocycles. The largest absolute Gasteiger partial charge is 0.253 e. The molecule has 120 valence electrons. The molecule has 1 aromatic carbocycles. The fraction of sp³-hybridized carbons (Fsp3) is 0.421. The molecule has 0 spiro atoms. The van der Waals surface area contributed by atoms with E-state index in [1.165, 1.54) is 22.6 Å². The Morgan fingerprint density at radius 1 is 1.09 bits per heavy atom. The number of hydrogen-bond acceptors (Lipinski definition) is 4. The number of benzene rings is 1. The van der Waals surface area contributed by atoms with Gasteiger partial charge in [0.2, 0.25) is 0 Å². The van der Waals surface area contributed by atoms with Gasteiger partial charge in [-0.25, -0.2) is 9.78 Å². The molecule has 1 aromatic heterocycles. The Bertz CT molecular complexity index is 667. The summed E-state index contributed by atoms with van der Waals surface area (Å²) in [5.74, 6) is 1.92. The molecule has 1 saturated heterocycles. The van der Waals surface area contributed by atoms with Crippen LogP contribution in [0.4, 0.5) is 0 Å². The highest BCUT2D eigenvalue weighted by atomic mass is 32.2. The molecule has 1 aliphatic carbocycles. The minimum absolute atomic E-state index is 0.590. The third-order valence-electron chi connectivity index (χ3n) is 4.92. The van der Waals surface area contributed by atoms with Crippen molar-refractivity contribution in [1.29, 1.82) is 0 Å². The van der Waals surface area contributed by atoms with Gasteiger partial charge in [-0.15, -0.1) is 11.8 Å². The van der Waals surface area contributed by atoms with Gasteiger partial charge in [-0.05, 0) is 55.2 Å². The van der Waals surface area contributed by atoms with Crippen molar-refractivity contribution in [1.82, 2.24) is 4.98 Å². The van der Waals surface area contributed by atoms with Crippen molar-refractivity contribution in [2.45, 2.75) is 23.7 Å². The molecule has 3 atom stereocenters. The molecule has 4 heteroatoms. The third kappa shape index (κ3) is 3.30. The topological polar surface area (TPSA) is 31.4 Å². The van der Waals surface area contributed by atoms with Crippen molar-refractivity contribution >= 4 is 11.8 Å². The average Bonchev–Trinajstić information content (AvgIpc) is 3.44. The maximum absolute atomic E-state index is 5.16. The van der Waals surface area contributed by atoms with E-state index in [2.05, 4.69) is 48.7 Å². The van der Waals surface area contributed by atoms with E-state index < -0.39 is 0 Å². The van der Waals surface area contributed by atoms with Crippen LogP contribution in [-0.4, -0.2) is 24.5 Å². The van der Waals surface area contributed by atoms with E-state index in [-0.39, 0.29) is 0 Å². The summed E-state index contributed by atoms with van der Waals surface area (Å²) in [7, 11) is 0. The average molecular weight is 327 g/mol. The zero-order chi connectivity index (χ0) is 15.6. The second-order valence-corrected chi connectivity index (χ2v) is 7.22. The van der Waals surface area contributed by atoms with Gasteiger partial charge in [0.05, 0.1) is 18.9 Å². The Kier molecular flexibility index (Phi) is 4.38. The number of thioether (sulfide) groups is 1. The molecule has 2 fully saturated rings. The molecule has 0 amide bonds. The van der Waals surface area contributed by atoms with Crippen LogP contribution in [0.25, 0.3) is 11.3 Å². The van der Waals surface area contributed by atoms with Gasteiger partial charge in [-0.1, -0.05) is 18.2 Å². The lowest BCUT2D eigenvalue weighted by Crippen LogP contribution is -2.21. The first kappa shape index (κ1) is 15.2. The Labute approximate surface area is 141 Å². The van der Waals surface area contributed by atoms with E-state index in [1.54, 1.807) is 11.8 Å². The molecule has 1 saturated carbocycles. The van der Waals surface area contributed by atoms with Crippen molar-refractivity contribution < 1.29 is 9.78 Å². The normalized spacial score (nSPS) is 26.9. The lowest BCUT2D eigenvalue weighted by Gasteiger charge is -2.21. The molecule has 0 radical (unpaired) electrons. The van der Waals surface area contributed by atoms with Crippen LogP contribution in [0.2, 0.25) is 0 Å². The number of pyridine rings is 1. The van der Waals surface area contributed by atoms with Gasteiger partial charge in [0.25, 0.3) is 0 Å². The molecule has 3 unspecified atom stereocenters. The van der Waals surface area contributed by atoms with Crippen LogP contribution in [0.15, 0.2) is 47.4 Å². The lowest BCUT2D eigenvalue weighted by molar-refractivity contribution is -0.325. The van der Waals surface area contributed by atoms with Gasteiger partial charge in [-0.3, -0.25) is 4.98 Å². The van der Waals surface area contributed by atoms with Crippen molar-refractivity contribution in [3.63, 3.8) is 0 Å². The van der Waals surface area contributed by atoms with Gasteiger partial charge >= 0.3 is 0 Å². The number of aromatic nitrogens is 1. The van der Waals surface area contributed by atoms with Crippen molar-refractivity contribution in [3.05, 3.63) is 48.2 Å². The van der Waals surface area contributed by atoms with Crippen LogP contribution in [0.1, 0.15) is 24.5 Å². The fourth-order valence-electron chi connectivity index (χ4n) is 3.47. The van der Waals surface area contributed by atoms with Gasteiger partial charge < -0.3 is 0 Å². The standard InChI is InChI=1S/C19H21NO2S/c1-23-15-7-5-13(6-8-15)18-3-2-4-19(20-18)17-11-16(17)14-9-10-21-22-12-14/h2-8,14,16-17H,9-12H2,1H3. The SMILES string of the molecule is CSc1ccc(-c2cccc(C3CC3C3CCOOC3)n2)cc1. The summed E-state index contributed by atoms with van der Waals surface area (Å²) in [6, 6.07) is 15.1. The van der Waals surface area contributed by atoms with Gasteiger partial charge in [-0.2, -0.15) is 0 Å². The van der Waals surface area contributed by atoms with Crippen LogP contribution in [0, 0.1) is 11.8 Å². The fourth-order valence-corrected chi connectivity index (χ4v) is 3.88. The van der Waals surface area contributed by atoms with Gasteiger partial charge in [0.15, 0.2) is 0 Å². The van der Waals surface area contributed by atoms with E-state index in [0.29, 0.717) is 17.8 Å². The molecule has 2 aliphatic rings. The third-order valence-corrected chi connectivity index (χ3v) is 5.66. The van der Waals surface area contributed by atoms with E-state index >= 15 is 0 Å². The Morgan fingerprint density at radius 3 is 2.70 bits per heavy atom. The van der Waals surface area contributed by atoms with E-state index in [1.807, 2.05) is 0 Å². The molecule has 0 N–H and O–H groups in total. The summed E-state index contributed by atoms with van der Waals surface area (Å²) in [5, 5.41) is 0. The lowest BCUT2D eigenvalue weighted by atomic mass is 9.98.